The molecular weight excluding hydrogens is 290 g/mol. The molecule has 0 radical (unpaired) electrons. The van der Waals surface area contributed by atoms with Gasteiger partial charge in [0.25, 0.3) is 0 Å². The molecule has 0 amide bonds. The van der Waals surface area contributed by atoms with Crippen LogP contribution in [0.15, 0.2) is 18.2 Å². The normalized spacial score (nSPS) is 10.3. The molecule has 2 rings (SSSR count). The van der Waals surface area contributed by atoms with Crippen molar-refractivity contribution in [3.8, 4) is 6.01 Å². The summed E-state index contributed by atoms with van der Waals surface area (Å²) in [5, 5.41) is 6.89. The van der Waals surface area contributed by atoms with Crippen LogP contribution in [0.5, 0.6) is 6.01 Å². The molecule has 112 valence electrons. The second-order valence-electron chi connectivity index (χ2n) is 4.49. The summed E-state index contributed by atoms with van der Waals surface area (Å²) in [5.74, 6) is 0.879. The molecule has 1 aromatic carbocycles. The molecule has 0 fully saturated rings. The first-order chi connectivity index (χ1) is 10.1. The van der Waals surface area contributed by atoms with Gasteiger partial charge in [0.1, 0.15) is 0 Å². The smallest absolute Gasteiger partial charge is 0.322 e. The Hall–Kier alpha value is -2.08. The van der Waals surface area contributed by atoms with Crippen molar-refractivity contribution in [2.75, 3.05) is 24.3 Å². The average Bonchev–Trinajstić information content (AvgIpc) is 2.48. The lowest BCUT2D eigenvalue weighted by molar-refractivity contribution is 0.379. The number of nitrogens with one attached hydrogen (secondary N) is 2. The zero-order valence-corrected chi connectivity index (χ0v) is 13.0. The minimum atomic E-state index is 0.254. The molecule has 0 spiro atoms. The number of hydrogen-bond acceptors (Lipinski definition) is 6. The highest BCUT2D eigenvalue weighted by atomic mass is 35.5. The predicted molar refractivity (Wildman–Crippen MR) is 84.6 cm³/mol. The molecule has 0 aliphatic heterocycles. The zero-order valence-electron chi connectivity index (χ0n) is 12.3. The Kier molecular flexibility index (Phi) is 5.16. The summed E-state index contributed by atoms with van der Waals surface area (Å²) in [4.78, 5) is 12.6. The number of aromatic nitrogens is 3. The van der Waals surface area contributed by atoms with E-state index in [4.69, 9.17) is 16.3 Å². The number of nitrogens with zero attached hydrogens (tertiary/aromatic N) is 3. The molecule has 0 aliphatic rings. The van der Waals surface area contributed by atoms with Crippen molar-refractivity contribution in [1.29, 1.82) is 0 Å². The SMILES string of the molecule is CCCNc1nc(Nc2ccc(C)c(Cl)c2)nc(OC)n1. The summed E-state index contributed by atoms with van der Waals surface area (Å²) in [7, 11) is 1.52. The van der Waals surface area contributed by atoms with Gasteiger partial charge in [-0.1, -0.05) is 24.6 Å². The molecule has 0 unspecified atom stereocenters. The first-order valence-electron chi connectivity index (χ1n) is 6.69. The van der Waals surface area contributed by atoms with Crippen LogP contribution in [0.4, 0.5) is 17.6 Å². The molecule has 21 heavy (non-hydrogen) atoms. The third-order valence-electron chi connectivity index (χ3n) is 2.76. The standard InChI is InChI=1S/C14H18ClN5O/c1-4-7-16-12-18-13(20-14(19-12)21-3)17-10-6-5-9(2)11(15)8-10/h5-6,8H,4,7H2,1-3H3,(H2,16,17,18,19,20). The van der Waals surface area contributed by atoms with E-state index >= 15 is 0 Å². The van der Waals surface area contributed by atoms with Gasteiger partial charge in [-0.15, -0.1) is 0 Å². The topological polar surface area (TPSA) is 72.0 Å². The van der Waals surface area contributed by atoms with E-state index in [2.05, 4.69) is 32.5 Å². The molecule has 0 saturated carbocycles. The average molecular weight is 308 g/mol. The molecule has 2 N–H and O–H groups in total. The largest absolute Gasteiger partial charge is 0.467 e. The molecule has 0 aliphatic carbocycles. The molecule has 0 atom stereocenters. The number of rotatable bonds is 6. The highest BCUT2D eigenvalue weighted by Crippen LogP contribution is 2.22. The van der Waals surface area contributed by atoms with Gasteiger partial charge in [0.15, 0.2) is 0 Å². The van der Waals surface area contributed by atoms with Crippen molar-refractivity contribution in [2.24, 2.45) is 0 Å². The lowest BCUT2D eigenvalue weighted by atomic mass is 10.2. The van der Waals surface area contributed by atoms with E-state index in [0.29, 0.717) is 16.9 Å². The summed E-state index contributed by atoms with van der Waals surface area (Å²) in [5.41, 5.74) is 1.82. The van der Waals surface area contributed by atoms with E-state index in [-0.39, 0.29) is 6.01 Å². The highest BCUT2D eigenvalue weighted by Gasteiger charge is 2.07. The van der Waals surface area contributed by atoms with Gasteiger partial charge in [0, 0.05) is 17.3 Å². The van der Waals surface area contributed by atoms with Crippen LogP contribution in [0, 0.1) is 6.92 Å². The Morgan fingerprint density at radius 2 is 1.95 bits per heavy atom. The van der Waals surface area contributed by atoms with Crippen LogP contribution in [0.1, 0.15) is 18.9 Å². The van der Waals surface area contributed by atoms with E-state index in [1.807, 2.05) is 25.1 Å². The number of hydrogen-bond donors (Lipinski definition) is 2. The monoisotopic (exact) mass is 307 g/mol. The van der Waals surface area contributed by atoms with Gasteiger partial charge in [0.2, 0.25) is 11.9 Å². The lowest BCUT2D eigenvalue weighted by Gasteiger charge is -2.09. The molecule has 6 nitrogen and oxygen atoms in total. The van der Waals surface area contributed by atoms with Crippen LogP contribution in [-0.2, 0) is 0 Å². The van der Waals surface area contributed by atoms with E-state index in [1.165, 1.54) is 7.11 Å². The van der Waals surface area contributed by atoms with Crippen LogP contribution in [-0.4, -0.2) is 28.6 Å². The maximum absolute atomic E-state index is 6.11. The maximum Gasteiger partial charge on any atom is 0.322 e. The van der Waals surface area contributed by atoms with Crippen LogP contribution < -0.4 is 15.4 Å². The van der Waals surface area contributed by atoms with Gasteiger partial charge in [-0.2, -0.15) is 15.0 Å². The van der Waals surface area contributed by atoms with E-state index in [0.717, 1.165) is 24.2 Å². The zero-order chi connectivity index (χ0) is 15.2. The number of anilines is 3. The summed E-state index contributed by atoms with van der Waals surface area (Å²) in [6, 6.07) is 5.92. The minimum Gasteiger partial charge on any atom is -0.467 e. The molecule has 7 heteroatoms. The molecule has 0 bridgehead atoms. The summed E-state index contributed by atoms with van der Waals surface area (Å²) in [6.07, 6.45) is 0.977. The Morgan fingerprint density at radius 3 is 2.62 bits per heavy atom. The molecule has 0 saturated heterocycles. The third kappa shape index (κ3) is 4.19. The van der Waals surface area contributed by atoms with Crippen molar-refractivity contribution in [1.82, 2.24) is 15.0 Å². The Morgan fingerprint density at radius 1 is 1.19 bits per heavy atom. The van der Waals surface area contributed by atoms with Gasteiger partial charge in [0.05, 0.1) is 7.11 Å². The highest BCUT2D eigenvalue weighted by molar-refractivity contribution is 6.31. The van der Waals surface area contributed by atoms with Crippen LogP contribution in [0.3, 0.4) is 0 Å². The number of methoxy groups -OCH3 is 1. The number of aryl methyl sites for hydroxylation is 1. The second-order valence-corrected chi connectivity index (χ2v) is 4.89. The van der Waals surface area contributed by atoms with E-state index in [1.54, 1.807) is 0 Å². The molecule has 1 aromatic heterocycles. The van der Waals surface area contributed by atoms with Crippen molar-refractivity contribution in [2.45, 2.75) is 20.3 Å². The van der Waals surface area contributed by atoms with Gasteiger partial charge in [-0.05, 0) is 31.0 Å². The summed E-state index contributed by atoms with van der Waals surface area (Å²) >= 11 is 6.11. The van der Waals surface area contributed by atoms with Crippen LogP contribution in [0.25, 0.3) is 0 Å². The van der Waals surface area contributed by atoms with Crippen molar-refractivity contribution in [3.63, 3.8) is 0 Å². The predicted octanol–water partition coefficient (Wildman–Crippen LogP) is 3.41. The van der Waals surface area contributed by atoms with E-state index < -0.39 is 0 Å². The molecule has 1 heterocycles. The third-order valence-corrected chi connectivity index (χ3v) is 3.17. The Balaban J connectivity index is 2.23. The van der Waals surface area contributed by atoms with Crippen LogP contribution in [0.2, 0.25) is 5.02 Å². The van der Waals surface area contributed by atoms with Crippen molar-refractivity contribution >= 4 is 29.2 Å². The first-order valence-corrected chi connectivity index (χ1v) is 7.07. The minimum absolute atomic E-state index is 0.254. The van der Waals surface area contributed by atoms with Gasteiger partial charge < -0.3 is 15.4 Å². The molecule has 2 aromatic rings. The molecular formula is C14H18ClN5O. The Labute approximate surface area is 128 Å². The Bertz CT molecular complexity index is 620. The fourth-order valence-electron chi connectivity index (χ4n) is 1.62. The quantitative estimate of drug-likeness (QED) is 0.852. The second kappa shape index (κ2) is 7.08. The fourth-order valence-corrected chi connectivity index (χ4v) is 1.80. The van der Waals surface area contributed by atoms with E-state index in [9.17, 15) is 0 Å². The van der Waals surface area contributed by atoms with Crippen molar-refractivity contribution < 1.29 is 4.74 Å². The van der Waals surface area contributed by atoms with Crippen LogP contribution >= 0.6 is 11.6 Å². The van der Waals surface area contributed by atoms with Crippen molar-refractivity contribution in [3.05, 3.63) is 28.8 Å². The fraction of sp³-hybridized carbons (Fsp3) is 0.357. The number of ether oxygens (including phenoxy) is 1. The van der Waals surface area contributed by atoms with Gasteiger partial charge in [-0.3, -0.25) is 0 Å². The first kappa shape index (κ1) is 15.3. The number of benzene rings is 1. The van der Waals surface area contributed by atoms with Gasteiger partial charge >= 0.3 is 6.01 Å². The maximum atomic E-state index is 6.11. The lowest BCUT2D eigenvalue weighted by Crippen LogP contribution is -2.09. The number of halogens is 1. The summed E-state index contributed by atoms with van der Waals surface area (Å²) in [6.45, 7) is 4.80. The van der Waals surface area contributed by atoms with Gasteiger partial charge in [-0.25, -0.2) is 0 Å². The summed E-state index contributed by atoms with van der Waals surface area (Å²) < 4.78 is 5.09.